The molecule has 176 valence electrons. The fourth-order valence-corrected chi connectivity index (χ4v) is 4.67. The van der Waals surface area contributed by atoms with E-state index < -0.39 is 0 Å². The fourth-order valence-electron chi connectivity index (χ4n) is 3.65. The lowest BCUT2D eigenvalue weighted by atomic mass is 10.2. The molecule has 1 amide bonds. The zero-order valence-electron chi connectivity index (χ0n) is 18.7. The number of unbranched alkanes of at least 4 members (excludes halogenated alkanes) is 1. The number of hydroxylamine groups is 1. The Morgan fingerprint density at radius 3 is 2.85 bits per heavy atom. The van der Waals surface area contributed by atoms with Crippen LogP contribution in [-0.4, -0.2) is 52.6 Å². The molecule has 3 heterocycles. The van der Waals surface area contributed by atoms with Crippen molar-refractivity contribution < 1.29 is 19.5 Å². The summed E-state index contributed by atoms with van der Waals surface area (Å²) in [6.45, 7) is 4.57. The maximum Gasteiger partial charge on any atom is 0.243 e. The van der Waals surface area contributed by atoms with Crippen LogP contribution in [0.3, 0.4) is 0 Å². The molecule has 4 N–H and O–H groups in total. The van der Waals surface area contributed by atoms with E-state index >= 15 is 0 Å². The minimum absolute atomic E-state index is 0.245. The van der Waals surface area contributed by atoms with Gasteiger partial charge in [0.25, 0.3) is 0 Å². The van der Waals surface area contributed by atoms with Crippen molar-refractivity contribution in [1.29, 1.82) is 0 Å². The largest absolute Gasteiger partial charge is 0.454 e. The number of aryl methyl sites for hydroxylation is 1. The molecule has 1 aliphatic heterocycles. The van der Waals surface area contributed by atoms with Crippen LogP contribution in [0.25, 0.3) is 11.0 Å². The number of hydrogen-bond acceptors (Lipinski definition) is 9. The molecule has 0 radical (unpaired) electrons. The zero-order valence-corrected chi connectivity index (χ0v) is 19.5. The lowest BCUT2D eigenvalue weighted by Gasteiger charge is -2.11. The molecule has 0 saturated heterocycles. The van der Waals surface area contributed by atoms with E-state index in [1.54, 1.807) is 23.4 Å². The highest BCUT2D eigenvalue weighted by atomic mass is 32.2. The van der Waals surface area contributed by atoms with Crippen molar-refractivity contribution >= 4 is 34.5 Å². The number of pyridine rings is 1. The van der Waals surface area contributed by atoms with Gasteiger partial charge in [-0.25, -0.2) is 15.4 Å². The second-order valence-corrected chi connectivity index (χ2v) is 8.65. The number of carbonyl (C=O) groups is 1. The first kappa shape index (κ1) is 23.1. The van der Waals surface area contributed by atoms with E-state index in [-0.39, 0.29) is 12.7 Å². The van der Waals surface area contributed by atoms with Crippen molar-refractivity contribution in [2.45, 2.75) is 42.8 Å². The molecular formula is C22H28N6O4S. The third kappa shape index (κ3) is 5.32. The number of hydrogen-bond donors (Lipinski definition) is 4. The lowest BCUT2D eigenvalue weighted by molar-refractivity contribution is -0.129. The van der Waals surface area contributed by atoms with Gasteiger partial charge < -0.3 is 24.7 Å². The SMILES string of the molecule is CNc1nccc2c1nc(Sc1cc3c(cc1C)OCO3)n2CCNCCCCC(=O)NO. The Bertz CT molecular complexity index is 1140. The van der Waals surface area contributed by atoms with Crippen LogP contribution in [0, 0.1) is 6.92 Å². The van der Waals surface area contributed by atoms with Crippen molar-refractivity contribution in [1.82, 2.24) is 25.3 Å². The number of nitrogens with one attached hydrogen (secondary N) is 3. The average Bonchev–Trinajstić information content (AvgIpc) is 3.42. The summed E-state index contributed by atoms with van der Waals surface area (Å²) in [4.78, 5) is 21.5. The molecule has 3 aromatic rings. The Labute approximate surface area is 196 Å². The second kappa shape index (κ2) is 10.7. The number of imidazole rings is 1. The van der Waals surface area contributed by atoms with Gasteiger partial charge in [-0.05, 0) is 50.1 Å². The van der Waals surface area contributed by atoms with Gasteiger partial charge in [0.2, 0.25) is 12.7 Å². The van der Waals surface area contributed by atoms with Gasteiger partial charge in [0, 0.05) is 37.7 Å². The molecule has 11 heteroatoms. The van der Waals surface area contributed by atoms with E-state index in [2.05, 4.69) is 27.1 Å². The summed E-state index contributed by atoms with van der Waals surface area (Å²) >= 11 is 1.59. The molecule has 4 rings (SSSR count). The summed E-state index contributed by atoms with van der Waals surface area (Å²) in [5, 5.41) is 16.0. The number of ether oxygens (including phenoxy) is 2. The molecule has 0 aliphatic carbocycles. The molecule has 0 unspecified atom stereocenters. The summed E-state index contributed by atoms with van der Waals surface area (Å²) in [6.07, 6.45) is 3.67. The number of anilines is 1. The van der Waals surface area contributed by atoms with E-state index in [4.69, 9.17) is 19.7 Å². The van der Waals surface area contributed by atoms with Crippen molar-refractivity contribution in [2.24, 2.45) is 0 Å². The molecule has 10 nitrogen and oxygen atoms in total. The smallest absolute Gasteiger partial charge is 0.243 e. The normalized spacial score (nSPS) is 12.3. The van der Waals surface area contributed by atoms with Crippen LogP contribution in [0.4, 0.5) is 5.82 Å². The minimum Gasteiger partial charge on any atom is -0.454 e. The van der Waals surface area contributed by atoms with Crippen molar-refractivity contribution in [3.63, 3.8) is 0 Å². The summed E-state index contributed by atoms with van der Waals surface area (Å²) in [6, 6.07) is 5.98. The number of nitrogens with zero attached hydrogens (tertiary/aromatic N) is 3. The Morgan fingerprint density at radius 2 is 2.06 bits per heavy atom. The summed E-state index contributed by atoms with van der Waals surface area (Å²) in [5.74, 6) is 1.91. The third-order valence-electron chi connectivity index (χ3n) is 5.38. The summed E-state index contributed by atoms with van der Waals surface area (Å²) in [5.41, 5.74) is 4.60. The quantitative estimate of drug-likeness (QED) is 0.189. The zero-order chi connectivity index (χ0) is 23.2. The van der Waals surface area contributed by atoms with Gasteiger partial charge in [-0.2, -0.15) is 0 Å². The third-order valence-corrected chi connectivity index (χ3v) is 6.54. The molecule has 33 heavy (non-hydrogen) atoms. The van der Waals surface area contributed by atoms with Crippen LogP contribution in [0.1, 0.15) is 24.8 Å². The first-order valence-corrected chi connectivity index (χ1v) is 11.7. The second-order valence-electron chi connectivity index (χ2n) is 7.64. The molecular weight excluding hydrogens is 444 g/mol. The lowest BCUT2D eigenvalue weighted by Crippen LogP contribution is -2.22. The summed E-state index contributed by atoms with van der Waals surface area (Å²) < 4.78 is 13.2. The topological polar surface area (TPSA) is 123 Å². The monoisotopic (exact) mass is 472 g/mol. The molecule has 1 aliphatic rings. The maximum absolute atomic E-state index is 11.1. The summed E-state index contributed by atoms with van der Waals surface area (Å²) in [7, 11) is 1.84. The van der Waals surface area contributed by atoms with E-state index in [1.807, 2.05) is 25.2 Å². The van der Waals surface area contributed by atoms with Gasteiger partial charge in [0.05, 0.1) is 5.52 Å². The van der Waals surface area contributed by atoms with Crippen molar-refractivity contribution in [3.8, 4) is 11.5 Å². The van der Waals surface area contributed by atoms with E-state index in [9.17, 15) is 4.79 Å². The first-order chi connectivity index (χ1) is 16.1. The maximum atomic E-state index is 11.1. The van der Waals surface area contributed by atoms with Gasteiger partial charge in [0.15, 0.2) is 22.5 Å². The number of aromatic nitrogens is 3. The molecule has 1 aromatic carbocycles. The Balaban J connectivity index is 1.49. The predicted octanol–water partition coefficient (Wildman–Crippen LogP) is 2.93. The Morgan fingerprint density at radius 1 is 1.24 bits per heavy atom. The van der Waals surface area contributed by atoms with Gasteiger partial charge in [0.1, 0.15) is 5.52 Å². The number of amides is 1. The van der Waals surface area contributed by atoms with Crippen LogP contribution in [0.15, 0.2) is 34.4 Å². The number of carbonyl (C=O) groups excluding carboxylic acids is 1. The van der Waals surface area contributed by atoms with Crippen LogP contribution in [-0.2, 0) is 11.3 Å². The minimum atomic E-state index is -0.352. The van der Waals surface area contributed by atoms with Crippen molar-refractivity contribution in [2.75, 3.05) is 32.2 Å². The van der Waals surface area contributed by atoms with Crippen LogP contribution in [0.5, 0.6) is 11.5 Å². The average molecular weight is 473 g/mol. The highest BCUT2D eigenvalue weighted by Crippen LogP contribution is 2.41. The number of rotatable bonds is 11. The first-order valence-electron chi connectivity index (χ1n) is 10.9. The van der Waals surface area contributed by atoms with Crippen molar-refractivity contribution in [3.05, 3.63) is 30.0 Å². The highest BCUT2D eigenvalue weighted by molar-refractivity contribution is 7.99. The van der Waals surface area contributed by atoms with Gasteiger partial charge >= 0.3 is 0 Å². The van der Waals surface area contributed by atoms with Gasteiger partial charge in [-0.15, -0.1) is 0 Å². The van der Waals surface area contributed by atoms with Gasteiger partial charge in [-0.3, -0.25) is 10.0 Å². The molecule has 2 aromatic heterocycles. The van der Waals surface area contributed by atoms with E-state index in [0.29, 0.717) is 6.42 Å². The van der Waals surface area contributed by atoms with E-state index in [1.165, 1.54) is 0 Å². The number of benzene rings is 1. The van der Waals surface area contributed by atoms with E-state index in [0.717, 1.165) is 76.4 Å². The highest BCUT2D eigenvalue weighted by Gasteiger charge is 2.20. The van der Waals surface area contributed by atoms with Crippen LogP contribution < -0.4 is 25.6 Å². The fraction of sp³-hybridized carbons (Fsp3) is 0.409. The Hall–Kier alpha value is -3.02. The molecule has 0 spiro atoms. The van der Waals surface area contributed by atoms with Gasteiger partial charge in [-0.1, -0.05) is 11.8 Å². The molecule has 0 bridgehead atoms. The molecule has 0 atom stereocenters. The predicted molar refractivity (Wildman–Crippen MR) is 125 cm³/mol. The standard InChI is InChI=1S/C22H28N6O4S/c1-14-11-16-17(32-13-31-16)12-18(14)33-22-26-20-15(6-8-25-21(20)23-2)28(22)10-9-24-7-4-3-5-19(29)27-30/h6,8,11-12,24,30H,3-5,7,9-10,13H2,1-2H3,(H,23,25)(H,27,29). The molecule has 0 fully saturated rings. The van der Waals surface area contributed by atoms with Crippen LogP contribution in [0.2, 0.25) is 0 Å². The number of fused-ring (bicyclic) bond motifs is 2. The molecule has 0 saturated carbocycles. The van der Waals surface area contributed by atoms with Crippen LogP contribution >= 0.6 is 11.8 Å². The Kier molecular flexibility index (Phi) is 7.53.